The number of hydrogen-bond acceptors (Lipinski definition) is 3. The summed E-state index contributed by atoms with van der Waals surface area (Å²) in [7, 11) is 0. The van der Waals surface area contributed by atoms with E-state index in [1.807, 2.05) is 31.2 Å². The Kier molecular flexibility index (Phi) is 5.19. The minimum absolute atomic E-state index is 0. The third-order valence-electron chi connectivity index (χ3n) is 2.24. The van der Waals surface area contributed by atoms with E-state index in [0.29, 0.717) is 5.03 Å². The number of aromatic nitrogens is 1. The average Bonchev–Trinajstić information content (AvgIpc) is 2.32. The van der Waals surface area contributed by atoms with E-state index in [1.165, 1.54) is 17.3 Å². The summed E-state index contributed by atoms with van der Waals surface area (Å²) in [5.41, 5.74) is 1.41. The lowest BCUT2D eigenvalue weighted by Gasteiger charge is -2.04. The number of rotatable bonds is 3. The van der Waals surface area contributed by atoms with Crippen molar-refractivity contribution in [3.63, 3.8) is 0 Å². The molecule has 1 aromatic carbocycles. The van der Waals surface area contributed by atoms with Gasteiger partial charge in [-0.05, 0) is 31.2 Å². The molecule has 0 aliphatic carbocycles. The summed E-state index contributed by atoms with van der Waals surface area (Å²) in [6, 6.07) is 11.1. The Balaban J connectivity index is 0.00000162. The second-order valence-corrected chi connectivity index (χ2v) is 4.64. The number of carbonyl (C=O) groups is 1. The van der Waals surface area contributed by atoms with Gasteiger partial charge in [-0.2, -0.15) is 0 Å². The first-order valence-electron chi connectivity index (χ1n) is 5.09. The highest BCUT2D eigenvalue weighted by molar-refractivity contribution is 7.99. The largest absolute Gasteiger partial charge is 1.00 e. The van der Waals surface area contributed by atoms with Crippen LogP contribution < -0.4 is 12.4 Å². The summed E-state index contributed by atoms with van der Waals surface area (Å²) < 4.78 is 0. The Bertz CT molecular complexity index is 543. The average molecular weight is 281 g/mol. The van der Waals surface area contributed by atoms with Gasteiger partial charge in [-0.15, -0.1) is 0 Å². The van der Waals surface area contributed by atoms with Gasteiger partial charge in [0.2, 0.25) is 0 Å². The number of aryl methyl sites for hydroxylation is 1. The van der Waals surface area contributed by atoms with E-state index in [4.69, 9.17) is 5.11 Å². The van der Waals surface area contributed by atoms with Crippen molar-refractivity contribution in [2.75, 3.05) is 0 Å². The summed E-state index contributed by atoms with van der Waals surface area (Å²) in [5, 5.41) is 9.55. The smallest absolute Gasteiger partial charge is 0.338 e. The third kappa shape index (κ3) is 3.48. The zero-order valence-corrected chi connectivity index (χ0v) is 11.2. The summed E-state index contributed by atoms with van der Waals surface area (Å²) in [5.74, 6) is -0.951. The fourth-order valence-corrected chi connectivity index (χ4v) is 2.23. The molecule has 5 heteroatoms. The molecule has 2 aromatic rings. The Morgan fingerprint density at radius 1 is 1.22 bits per heavy atom. The number of halogens is 1. The van der Waals surface area contributed by atoms with Crippen LogP contribution in [0.15, 0.2) is 52.5 Å². The minimum atomic E-state index is -0.951. The van der Waals surface area contributed by atoms with Crippen molar-refractivity contribution in [3.05, 3.63) is 53.7 Å². The first kappa shape index (κ1) is 14.5. The molecular weight excluding hydrogens is 270 g/mol. The molecule has 1 N–H and O–H groups in total. The van der Waals surface area contributed by atoms with Crippen molar-refractivity contribution in [2.45, 2.75) is 16.8 Å². The molecule has 1 aromatic heterocycles. The van der Waals surface area contributed by atoms with Crippen molar-refractivity contribution < 1.29 is 22.3 Å². The van der Waals surface area contributed by atoms with Gasteiger partial charge >= 0.3 is 5.97 Å². The van der Waals surface area contributed by atoms with Crippen molar-refractivity contribution in [3.8, 4) is 0 Å². The Morgan fingerprint density at radius 3 is 2.50 bits per heavy atom. The van der Waals surface area contributed by atoms with Crippen LogP contribution in [-0.4, -0.2) is 16.1 Å². The van der Waals surface area contributed by atoms with Crippen LogP contribution in [-0.2, 0) is 0 Å². The van der Waals surface area contributed by atoms with Crippen molar-refractivity contribution in [1.82, 2.24) is 4.98 Å². The highest BCUT2D eigenvalue weighted by Crippen LogP contribution is 2.28. The molecule has 0 fully saturated rings. The molecule has 0 spiro atoms. The lowest BCUT2D eigenvalue weighted by molar-refractivity contribution is -0.0000191. The summed E-state index contributed by atoms with van der Waals surface area (Å²) in [4.78, 5) is 16.1. The van der Waals surface area contributed by atoms with Crippen LogP contribution in [0, 0.1) is 6.92 Å². The van der Waals surface area contributed by atoms with Gasteiger partial charge in [0.15, 0.2) is 0 Å². The summed E-state index contributed by atoms with van der Waals surface area (Å²) in [6.07, 6.45) is 1.60. The summed E-state index contributed by atoms with van der Waals surface area (Å²) in [6.45, 7) is 2.01. The normalized spacial score (nSPS) is 9.61. The van der Waals surface area contributed by atoms with E-state index in [9.17, 15) is 4.79 Å². The highest BCUT2D eigenvalue weighted by atomic mass is 35.5. The molecule has 0 unspecified atom stereocenters. The minimum Gasteiger partial charge on any atom is -1.00 e. The van der Waals surface area contributed by atoms with Crippen LogP contribution in [0.3, 0.4) is 0 Å². The number of benzene rings is 1. The van der Waals surface area contributed by atoms with E-state index in [2.05, 4.69) is 4.98 Å². The topological polar surface area (TPSA) is 50.2 Å². The second-order valence-electron chi connectivity index (χ2n) is 3.58. The number of carboxylic acids is 1. The second kappa shape index (κ2) is 6.42. The van der Waals surface area contributed by atoms with Gasteiger partial charge in [0.25, 0.3) is 0 Å². The van der Waals surface area contributed by atoms with Gasteiger partial charge in [-0.25, -0.2) is 9.78 Å². The quantitative estimate of drug-likeness (QED) is 0.875. The van der Waals surface area contributed by atoms with Gasteiger partial charge in [-0.3, -0.25) is 0 Å². The van der Waals surface area contributed by atoms with Crippen LogP contribution in [0.1, 0.15) is 15.9 Å². The van der Waals surface area contributed by atoms with Crippen molar-refractivity contribution >= 4 is 17.7 Å². The molecule has 0 atom stereocenters. The van der Waals surface area contributed by atoms with Gasteiger partial charge < -0.3 is 17.5 Å². The fourth-order valence-electron chi connectivity index (χ4n) is 1.35. The van der Waals surface area contributed by atoms with Crippen LogP contribution in [0.2, 0.25) is 0 Å². The molecule has 0 aliphatic rings. The maximum Gasteiger partial charge on any atom is 0.338 e. The zero-order valence-electron chi connectivity index (χ0n) is 9.63. The maximum absolute atomic E-state index is 11.0. The predicted molar refractivity (Wildman–Crippen MR) is 66.5 cm³/mol. The predicted octanol–water partition coefficient (Wildman–Crippen LogP) is 0.243. The molecule has 3 nitrogen and oxygen atoms in total. The van der Waals surface area contributed by atoms with E-state index in [1.54, 1.807) is 18.3 Å². The first-order chi connectivity index (χ1) is 8.16. The van der Waals surface area contributed by atoms with E-state index < -0.39 is 5.97 Å². The number of nitrogens with zero attached hydrogens (tertiary/aromatic N) is 1. The molecule has 0 aliphatic heterocycles. The van der Waals surface area contributed by atoms with E-state index >= 15 is 0 Å². The Morgan fingerprint density at radius 2 is 1.89 bits per heavy atom. The molecular formula is C13H11ClNO2S-. The molecule has 0 amide bonds. The van der Waals surface area contributed by atoms with Crippen LogP contribution in [0.4, 0.5) is 0 Å². The summed E-state index contributed by atoms with van der Waals surface area (Å²) >= 11 is 1.36. The van der Waals surface area contributed by atoms with Crippen molar-refractivity contribution in [1.29, 1.82) is 0 Å². The standard InChI is InChI=1S/C13H11NO2S.ClH/c1-9-4-6-10(7-5-9)17-12-11(13(15)16)3-2-8-14-12;/h2-8H,1H3,(H,15,16);1H/p-1. The monoisotopic (exact) mass is 280 g/mol. The van der Waals surface area contributed by atoms with Crippen molar-refractivity contribution in [2.24, 2.45) is 0 Å². The lowest BCUT2D eigenvalue weighted by atomic mass is 10.2. The van der Waals surface area contributed by atoms with Crippen LogP contribution >= 0.6 is 11.8 Å². The molecule has 1 heterocycles. The molecule has 94 valence electrons. The first-order valence-corrected chi connectivity index (χ1v) is 5.91. The van der Waals surface area contributed by atoms with Gasteiger partial charge in [0.05, 0.1) is 5.56 Å². The van der Waals surface area contributed by atoms with Gasteiger partial charge in [0.1, 0.15) is 5.03 Å². The number of carboxylic acid groups (broad SMARTS) is 1. The number of hydrogen-bond donors (Lipinski definition) is 1. The van der Waals surface area contributed by atoms with E-state index in [0.717, 1.165) is 4.90 Å². The molecule has 0 saturated carbocycles. The Hall–Kier alpha value is -1.52. The molecule has 0 radical (unpaired) electrons. The Labute approximate surface area is 116 Å². The SMILES string of the molecule is Cc1ccc(Sc2ncccc2C(=O)O)cc1.[Cl-]. The van der Waals surface area contributed by atoms with Crippen LogP contribution in [0.5, 0.6) is 0 Å². The third-order valence-corrected chi connectivity index (χ3v) is 3.26. The zero-order chi connectivity index (χ0) is 12.3. The molecule has 0 saturated heterocycles. The number of pyridine rings is 1. The van der Waals surface area contributed by atoms with E-state index in [-0.39, 0.29) is 18.0 Å². The number of aromatic carboxylic acids is 1. The fraction of sp³-hybridized carbons (Fsp3) is 0.0769. The molecule has 2 rings (SSSR count). The van der Waals surface area contributed by atoms with Gasteiger partial charge in [-0.1, -0.05) is 29.5 Å². The molecule has 0 bridgehead atoms. The highest BCUT2D eigenvalue weighted by Gasteiger charge is 2.11. The van der Waals surface area contributed by atoms with Crippen LogP contribution in [0.25, 0.3) is 0 Å². The maximum atomic E-state index is 11.0. The molecule has 18 heavy (non-hydrogen) atoms. The van der Waals surface area contributed by atoms with Gasteiger partial charge in [0, 0.05) is 11.1 Å². The lowest BCUT2D eigenvalue weighted by Crippen LogP contribution is -3.00.